The number of carbonyl (C=O) groups is 2. The number of ether oxygens (including phenoxy) is 2. The molecule has 1 aromatic heterocycles. The van der Waals surface area contributed by atoms with Crippen molar-refractivity contribution in [3.63, 3.8) is 0 Å². The van der Waals surface area contributed by atoms with Gasteiger partial charge in [0, 0.05) is 36.0 Å². The molecule has 0 radical (unpaired) electrons. The number of nitrogens with one attached hydrogen (secondary N) is 1. The van der Waals surface area contributed by atoms with Gasteiger partial charge in [0.25, 0.3) is 0 Å². The molecule has 8 heteroatoms. The summed E-state index contributed by atoms with van der Waals surface area (Å²) in [6, 6.07) is 15.9. The molecule has 2 aromatic carbocycles. The Kier molecular flexibility index (Phi) is 9.03. The second-order valence-corrected chi connectivity index (χ2v) is 16.6. The molecule has 49 heavy (non-hydrogen) atoms. The van der Waals surface area contributed by atoms with Crippen molar-refractivity contribution in [1.29, 1.82) is 0 Å². The Morgan fingerprint density at radius 1 is 0.939 bits per heavy atom. The summed E-state index contributed by atoms with van der Waals surface area (Å²) in [6.07, 6.45) is 16.1. The molecule has 2 amide bonds. The van der Waals surface area contributed by atoms with Crippen molar-refractivity contribution in [3.8, 4) is 16.9 Å². The molecule has 1 N–H and O–H groups in total. The van der Waals surface area contributed by atoms with Gasteiger partial charge in [-0.25, -0.2) is 4.79 Å². The van der Waals surface area contributed by atoms with Gasteiger partial charge >= 0.3 is 6.09 Å². The lowest BCUT2D eigenvalue weighted by Gasteiger charge is -2.55. The zero-order chi connectivity index (χ0) is 34.4. The molecule has 5 aliphatic rings. The molecule has 5 aliphatic carbocycles. The minimum atomic E-state index is -0.534. The molecule has 8 nitrogen and oxygen atoms in total. The Hall–Kier alpha value is -3.81. The third-order valence-electron chi connectivity index (χ3n) is 12.0. The Morgan fingerprint density at radius 3 is 2.29 bits per heavy atom. The SMILES string of the molecule is COc1ccc(C23CCC(CN(C(=O)C4CCC(NC(=O)OC(C)(C)C)CC4)c4cccc(-c5cnn(C6CC6)c5)c4)(CC2)CC3)cc1C. The van der Waals surface area contributed by atoms with Crippen LogP contribution in [-0.4, -0.2) is 47.1 Å². The van der Waals surface area contributed by atoms with Crippen LogP contribution in [0.4, 0.5) is 10.5 Å². The van der Waals surface area contributed by atoms with Crippen LogP contribution in [0, 0.1) is 18.3 Å². The highest BCUT2D eigenvalue weighted by molar-refractivity contribution is 5.96. The molecule has 0 saturated heterocycles. The Morgan fingerprint density at radius 2 is 1.65 bits per heavy atom. The number of alkyl carbamates (subject to hydrolysis) is 1. The van der Waals surface area contributed by atoms with Crippen LogP contribution in [0.25, 0.3) is 11.1 Å². The number of aryl methyl sites for hydroxylation is 1. The molecular formula is C41H54N4O4. The number of hydrogen-bond acceptors (Lipinski definition) is 5. The molecule has 0 unspecified atom stereocenters. The lowest BCUT2D eigenvalue weighted by Crippen LogP contribution is -2.52. The van der Waals surface area contributed by atoms with Crippen molar-refractivity contribution in [3.05, 3.63) is 66.0 Å². The summed E-state index contributed by atoms with van der Waals surface area (Å²) in [5.74, 6) is 1.11. The van der Waals surface area contributed by atoms with Crippen LogP contribution in [0.5, 0.6) is 5.75 Å². The number of fused-ring (bicyclic) bond motifs is 3. The average Bonchev–Trinajstić information content (AvgIpc) is 3.83. The standard InChI is InChI=1S/C41H54N4O4/c1-28-23-32(11-16-36(28)48-5)41-20-17-40(18-21-41,19-22-41)27-44(35-8-6-7-30(24-35)31-25-42-45(26-31)34-14-15-34)37(46)29-9-12-33(13-10-29)43-38(47)49-39(2,3)4/h6-8,11,16,23-26,29,33-34H,9-10,12-15,17-22,27H2,1-5H3,(H,43,47). The van der Waals surface area contributed by atoms with Crippen molar-refractivity contribution in [2.24, 2.45) is 11.3 Å². The lowest BCUT2D eigenvalue weighted by atomic mass is 9.51. The van der Waals surface area contributed by atoms with Crippen LogP contribution < -0.4 is 15.0 Å². The highest BCUT2D eigenvalue weighted by atomic mass is 16.6. The van der Waals surface area contributed by atoms with Crippen molar-refractivity contribution >= 4 is 17.7 Å². The van der Waals surface area contributed by atoms with Gasteiger partial charge in [-0.1, -0.05) is 24.3 Å². The van der Waals surface area contributed by atoms with Crippen molar-refractivity contribution in [2.45, 2.75) is 128 Å². The zero-order valence-corrected chi connectivity index (χ0v) is 30.1. The summed E-state index contributed by atoms with van der Waals surface area (Å²) >= 11 is 0. The summed E-state index contributed by atoms with van der Waals surface area (Å²) < 4.78 is 13.2. The topological polar surface area (TPSA) is 85.7 Å². The van der Waals surface area contributed by atoms with Crippen LogP contribution in [0.2, 0.25) is 0 Å². The van der Waals surface area contributed by atoms with Crippen LogP contribution in [0.3, 0.4) is 0 Å². The predicted molar refractivity (Wildman–Crippen MR) is 193 cm³/mol. The number of benzene rings is 2. The number of rotatable bonds is 9. The molecule has 262 valence electrons. The molecule has 8 rings (SSSR count). The summed E-state index contributed by atoms with van der Waals surface area (Å²) in [6.45, 7) is 8.53. The number of aromatic nitrogens is 2. The quantitative estimate of drug-likeness (QED) is 0.247. The van der Waals surface area contributed by atoms with E-state index in [1.807, 2.05) is 27.0 Å². The van der Waals surface area contributed by atoms with Crippen LogP contribution in [-0.2, 0) is 14.9 Å². The first-order valence-electron chi connectivity index (χ1n) is 18.6. The second-order valence-electron chi connectivity index (χ2n) is 16.6. The molecule has 5 fully saturated rings. The highest BCUT2D eigenvalue weighted by Gasteiger charge is 2.50. The third kappa shape index (κ3) is 7.25. The van der Waals surface area contributed by atoms with Gasteiger partial charge in [0.05, 0.1) is 19.3 Å². The Labute approximate surface area is 291 Å². The van der Waals surface area contributed by atoms with Gasteiger partial charge in [-0.15, -0.1) is 0 Å². The molecule has 3 aromatic rings. The van der Waals surface area contributed by atoms with Gasteiger partial charge in [-0.3, -0.25) is 9.48 Å². The van der Waals surface area contributed by atoms with E-state index in [4.69, 9.17) is 9.47 Å². The van der Waals surface area contributed by atoms with E-state index >= 15 is 0 Å². The predicted octanol–water partition coefficient (Wildman–Crippen LogP) is 8.91. The molecule has 2 bridgehead atoms. The molecule has 0 aliphatic heterocycles. The number of amides is 2. The maximum atomic E-state index is 14.7. The van der Waals surface area contributed by atoms with E-state index in [-0.39, 0.29) is 34.8 Å². The van der Waals surface area contributed by atoms with Crippen LogP contribution >= 0.6 is 0 Å². The minimum absolute atomic E-state index is 0.0312. The highest BCUT2D eigenvalue weighted by Crippen LogP contribution is 2.58. The largest absolute Gasteiger partial charge is 0.496 e. The molecule has 5 saturated carbocycles. The smallest absolute Gasteiger partial charge is 0.407 e. The van der Waals surface area contributed by atoms with E-state index in [2.05, 4.69) is 75.6 Å². The van der Waals surface area contributed by atoms with Gasteiger partial charge in [-0.05, 0) is 150 Å². The Balaban J connectivity index is 1.10. The van der Waals surface area contributed by atoms with Gasteiger partial charge in [-0.2, -0.15) is 5.10 Å². The third-order valence-corrected chi connectivity index (χ3v) is 12.0. The normalized spacial score (nSPS) is 26.6. The van der Waals surface area contributed by atoms with Gasteiger partial charge in [0.1, 0.15) is 11.4 Å². The van der Waals surface area contributed by atoms with E-state index < -0.39 is 5.60 Å². The van der Waals surface area contributed by atoms with E-state index in [0.29, 0.717) is 6.04 Å². The fraction of sp³-hybridized carbons (Fsp3) is 0.585. The molecule has 0 spiro atoms. The summed E-state index contributed by atoms with van der Waals surface area (Å²) in [4.78, 5) is 29.3. The van der Waals surface area contributed by atoms with E-state index in [1.54, 1.807) is 7.11 Å². The van der Waals surface area contributed by atoms with Crippen molar-refractivity contribution in [1.82, 2.24) is 15.1 Å². The fourth-order valence-electron chi connectivity index (χ4n) is 8.83. The van der Waals surface area contributed by atoms with E-state index in [1.165, 1.54) is 24.0 Å². The van der Waals surface area contributed by atoms with Gasteiger partial charge < -0.3 is 19.7 Å². The van der Waals surface area contributed by atoms with Gasteiger partial charge in [0.2, 0.25) is 5.91 Å². The molecular weight excluding hydrogens is 612 g/mol. The number of carbonyl (C=O) groups excluding carboxylic acids is 2. The number of anilines is 1. The average molecular weight is 667 g/mol. The molecule has 0 atom stereocenters. The maximum Gasteiger partial charge on any atom is 0.407 e. The molecule has 1 heterocycles. The first-order chi connectivity index (χ1) is 23.4. The first-order valence-corrected chi connectivity index (χ1v) is 18.6. The van der Waals surface area contributed by atoms with Crippen molar-refractivity contribution in [2.75, 3.05) is 18.6 Å². The first kappa shape index (κ1) is 33.7. The second kappa shape index (κ2) is 13.1. The summed E-state index contributed by atoms with van der Waals surface area (Å²) in [5, 5.41) is 7.69. The lowest BCUT2D eigenvalue weighted by molar-refractivity contribution is -0.124. The number of nitrogens with zero attached hydrogens (tertiary/aromatic N) is 3. The fourth-order valence-corrected chi connectivity index (χ4v) is 8.83. The van der Waals surface area contributed by atoms with Crippen LogP contribution in [0.1, 0.15) is 115 Å². The number of hydrogen-bond donors (Lipinski definition) is 1. The number of methoxy groups -OCH3 is 1. The van der Waals surface area contributed by atoms with Crippen LogP contribution in [0.15, 0.2) is 54.9 Å². The summed E-state index contributed by atoms with van der Waals surface area (Å²) in [7, 11) is 1.74. The summed E-state index contributed by atoms with van der Waals surface area (Å²) in [5.41, 5.74) is 5.63. The van der Waals surface area contributed by atoms with E-state index in [9.17, 15) is 9.59 Å². The monoisotopic (exact) mass is 666 g/mol. The zero-order valence-electron chi connectivity index (χ0n) is 30.1. The Bertz CT molecular complexity index is 1650. The van der Waals surface area contributed by atoms with E-state index in [0.717, 1.165) is 93.3 Å². The van der Waals surface area contributed by atoms with Gasteiger partial charge in [0.15, 0.2) is 0 Å². The van der Waals surface area contributed by atoms with Crippen molar-refractivity contribution < 1.29 is 19.1 Å². The minimum Gasteiger partial charge on any atom is -0.496 e. The maximum absolute atomic E-state index is 14.7.